The van der Waals surface area contributed by atoms with E-state index in [1.54, 1.807) is 33.2 Å². The lowest BCUT2D eigenvalue weighted by molar-refractivity contribution is -0.116. The number of carbonyl (C=O) groups excluding carboxylic acids is 2. The molecule has 0 aliphatic carbocycles. The van der Waals surface area contributed by atoms with Gasteiger partial charge in [-0.1, -0.05) is 6.07 Å². The summed E-state index contributed by atoms with van der Waals surface area (Å²) in [5.41, 5.74) is 1.72. The molecule has 146 valence electrons. The molecule has 3 aromatic rings. The molecule has 7 nitrogen and oxygen atoms in total. The maximum atomic E-state index is 12.4. The number of nitrogens with one attached hydrogen (secondary N) is 2. The van der Waals surface area contributed by atoms with Gasteiger partial charge in [0.05, 0.1) is 16.7 Å². The van der Waals surface area contributed by atoms with E-state index >= 15 is 0 Å². The third kappa shape index (κ3) is 4.94. The number of hydrogen-bond donors (Lipinski definition) is 2. The zero-order valence-electron chi connectivity index (χ0n) is 16.3. The Morgan fingerprint density at radius 1 is 1.07 bits per heavy atom. The molecule has 2 amide bonds. The van der Waals surface area contributed by atoms with Crippen LogP contribution in [0.25, 0.3) is 21.8 Å². The van der Waals surface area contributed by atoms with Crippen LogP contribution in [0.15, 0.2) is 42.7 Å². The average Bonchev–Trinajstić information content (AvgIpc) is 2.64. The number of hydrogen-bond acceptors (Lipinski definition) is 5. The fourth-order valence-corrected chi connectivity index (χ4v) is 2.85. The van der Waals surface area contributed by atoms with Crippen molar-refractivity contribution in [3.05, 3.63) is 42.7 Å². The monoisotopic (exact) mass is 380 g/mol. The first-order chi connectivity index (χ1) is 13.3. The van der Waals surface area contributed by atoms with Crippen LogP contribution in [-0.2, 0) is 9.53 Å². The molecule has 0 aliphatic heterocycles. The minimum Gasteiger partial charge on any atom is -0.444 e. The maximum absolute atomic E-state index is 12.4. The summed E-state index contributed by atoms with van der Waals surface area (Å²) in [5.74, 6) is -0.126. The zero-order chi connectivity index (χ0) is 20.1. The summed E-state index contributed by atoms with van der Waals surface area (Å²) in [6.45, 7) is 5.78. The Kier molecular flexibility index (Phi) is 5.73. The van der Waals surface area contributed by atoms with Crippen LogP contribution < -0.4 is 10.6 Å². The van der Waals surface area contributed by atoms with E-state index in [0.29, 0.717) is 18.7 Å². The highest BCUT2D eigenvalue weighted by Gasteiger charge is 2.16. The summed E-state index contributed by atoms with van der Waals surface area (Å²) in [6.07, 6.45) is 3.75. The largest absolute Gasteiger partial charge is 0.444 e. The molecule has 3 rings (SSSR count). The average molecular weight is 380 g/mol. The molecule has 0 aliphatic rings. The minimum absolute atomic E-state index is 0.126. The topological polar surface area (TPSA) is 93.2 Å². The molecule has 0 spiro atoms. The highest BCUT2D eigenvalue weighted by Crippen LogP contribution is 2.29. The Balaban J connectivity index is 1.63. The third-order valence-electron chi connectivity index (χ3n) is 3.98. The molecular weight excluding hydrogens is 356 g/mol. The van der Waals surface area contributed by atoms with Crippen molar-refractivity contribution in [3.8, 4) is 0 Å². The molecular formula is C21H24N4O3. The Morgan fingerprint density at radius 3 is 2.54 bits per heavy atom. The first-order valence-corrected chi connectivity index (χ1v) is 9.23. The number of rotatable bonds is 5. The normalized spacial score (nSPS) is 11.4. The van der Waals surface area contributed by atoms with Crippen molar-refractivity contribution in [2.75, 3.05) is 11.9 Å². The zero-order valence-corrected chi connectivity index (χ0v) is 16.3. The van der Waals surface area contributed by atoms with Crippen LogP contribution in [-0.4, -0.2) is 34.1 Å². The van der Waals surface area contributed by atoms with E-state index in [0.717, 1.165) is 21.8 Å². The second kappa shape index (κ2) is 8.21. The van der Waals surface area contributed by atoms with Gasteiger partial charge in [-0.3, -0.25) is 14.8 Å². The van der Waals surface area contributed by atoms with Crippen LogP contribution in [0.3, 0.4) is 0 Å². The first-order valence-electron chi connectivity index (χ1n) is 9.23. The van der Waals surface area contributed by atoms with E-state index in [-0.39, 0.29) is 12.3 Å². The highest BCUT2D eigenvalue weighted by molar-refractivity contribution is 6.11. The van der Waals surface area contributed by atoms with E-state index in [2.05, 4.69) is 20.6 Å². The molecule has 0 unspecified atom stereocenters. The van der Waals surface area contributed by atoms with Gasteiger partial charge in [0.1, 0.15) is 5.60 Å². The molecule has 0 bridgehead atoms. The summed E-state index contributed by atoms with van der Waals surface area (Å²) in [4.78, 5) is 32.8. The molecule has 1 aromatic carbocycles. The number of carbonyl (C=O) groups is 2. The molecule has 7 heteroatoms. The van der Waals surface area contributed by atoms with Crippen molar-refractivity contribution in [1.82, 2.24) is 15.3 Å². The Hall–Kier alpha value is -3.22. The van der Waals surface area contributed by atoms with E-state index in [1.807, 2.05) is 30.3 Å². The highest BCUT2D eigenvalue weighted by atomic mass is 16.6. The number of alkyl carbamates (subject to hydrolysis) is 1. The molecule has 2 N–H and O–H groups in total. The van der Waals surface area contributed by atoms with Crippen molar-refractivity contribution in [1.29, 1.82) is 0 Å². The van der Waals surface area contributed by atoms with Gasteiger partial charge in [-0.15, -0.1) is 0 Å². The fourth-order valence-electron chi connectivity index (χ4n) is 2.85. The van der Waals surface area contributed by atoms with Gasteiger partial charge < -0.3 is 15.4 Å². The number of aromatic nitrogens is 2. The summed E-state index contributed by atoms with van der Waals surface area (Å²) in [7, 11) is 0. The second-order valence-corrected chi connectivity index (χ2v) is 7.48. The lowest BCUT2D eigenvalue weighted by atomic mass is 10.1. The van der Waals surface area contributed by atoms with Crippen molar-refractivity contribution >= 4 is 39.5 Å². The predicted molar refractivity (Wildman–Crippen MR) is 109 cm³/mol. The second-order valence-electron chi connectivity index (χ2n) is 7.48. The predicted octanol–water partition coefficient (Wildman–Crippen LogP) is 4.03. The van der Waals surface area contributed by atoms with Crippen molar-refractivity contribution in [2.24, 2.45) is 0 Å². The summed E-state index contributed by atoms with van der Waals surface area (Å²) < 4.78 is 5.17. The number of amides is 2. The van der Waals surface area contributed by atoms with Crippen LogP contribution >= 0.6 is 0 Å². The van der Waals surface area contributed by atoms with Crippen LogP contribution in [0.5, 0.6) is 0 Å². The van der Waals surface area contributed by atoms with Crippen molar-refractivity contribution in [2.45, 2.75) is 39.2 Å². The molecule has 0 radical (unpaired) electrons. The summed E-state index contributed by atoms with van der Waals surface area (Å²) in [6, 6.07) is 9.44. The molecule has 0 fully saturated rings. The molecule has 0 saturated carbocycles. The van der Waals surface area contributed by atoms with Crippen LogP contribution in [0.1, 0.15) is 33.6 Å². The summed E-state index contributed by atoms with van der Waals surface area (Å²) >= 11 is 0. The Morgan fingerprint density at radius 2 is 1.79 bits per heavy atom. The lowest BCUT2D eigenvalue weighted by Crippen LogP contribution is -2.33. The van der Waals surface area contributed by atoms with Gasteiger partial charge in [-0.25, -0.2) is 4.79 Å². The number of nitrogens with zero attached hydrogens (tertiary/aromatic N) is 2. The van der Waals surface area contributed by atoms with Gasteiger partial charge >= 0.3 is 6.09 Å². The third-order valence-corrected chi connectivity index (χ3v) is 3.98. The maximum Gasteiger partial charge on any atom is 0.407 e. The molecule has 0 saturated heterocycles. The van der Waals surface area contributed by atoms with Crippen LogP contribution in [0.4, 0.5) is 10.5 Å². The van der Waals surface area contributed by atoms with E-state index in [9.17, 15) is 9.59 Å². The molecule has 0 atom stereocenters. The molecule has 2 heterocycles. The first kappa shape index (κ1) is 19.5. The number of ether oxygens (including phenoxy) is 1. The van der Waals surface area contributed by atoms with Gasteiger partial charge in [0.15, 0.2) is 0 Å². The van der Waals surface area contributed by atoms with E-state index in [4.69, 9.17) is 4.74 Å². The SMILES string of the molecule is CC(C)(C)OC(=O)NCCCC(=O)Nc1cc2cccnc2c2ncccc12. The van der Waals surface area contributed by atoms with E-state index in [1.165, 1.54) is 0 Å². The van der Waals surface area contributed by atoms with Gasteiger partial charge in [-0.05, 0) is 51.5 Å². The van der Waals surface area contributed by atoms with Gasteiger partial charge in [0.2, 0.25) is 5.91 Å². The van der Waals surface area contributed by atoms with Gasteiger partial charge in [0, 0.05) is 36.1 Å². The summed E-state index contributed by atoms with van der Waals surface area (Å²) in [5, 5.41) is 7.36. The van der Waals surface area contributed by atoms with E-state index < -0.39 is 11.7 Å². The Bertz CT molecular complexity index is 1010. The van der Waals surface area contributed by atoms with Crippen molar-refractivity contribution in [3.63, 3.8) is 0 Å². The molecule has 28 heavy (non-hydrogen) atoms. The number of pyridine rings is 2. The minimum atomic E-state index is -0.540. The quantitative estimate of drug-likeness (QED) is 0.515. The number of anilines is 1. The van der Waals surface area contributed by atoms with Gasteiger partial charge in [0.25, 0.3) is 0 Å². The molecule has 2 aromatic heterocycles. The number of benzene rings is 1. The van der Waals surface area contributed by atoms with Gasteiger partial charge in [-0.2, -0.15) is 0 Å². The fraction of sp³-hybridized carbons (Fsp3) is 0.333. The van der Waals surface area contributed by atoms with Crippen LogP contribution in [0, 0.1) is 0 Å². The standard InChI is InChI=1S/C21H24N4O3/c1-21(2,3)28-20(27)24-12-6-9-17(26)25-16-13-14-7-4-10-22-18(14)19-15(16)8-5-11-23-19/h4-5,7-8,10-11,13H,6,9,12H2,1-3H3,(H,24,27)(H,25,26). The Labute approximate surface area is 163 Å². The number of fused-ring (bicyclic) bond motifs is 3. The lowest BCUT2D eigenvalue weighted by Gasteiger charge is -2.19. The van der Waals surface area contributed by atoms with Crippen molar-refractivity contribution < 1.29 is 14.3 Å². The smallest absolute Gasteiger partial charge is 0.407 e. The van der Waals surface area contributed by atoms with Crippen LogP contribution in [0.2, 0.25) is 0 Å².